The molecule has 72 valence electrons. The summed E-state index contributed by atoms with van der Waals surface area (Å²) in [7, 11) is 0. The van der Waals surface area contributed by atoms with Crippen LogP contribution in [0.25, 0.3) is 0 Å². The van der Waals surface area contributed by atoms with E-state index >= 15 is 0 Å². The predicted molar refractivity (Wildman–Crippen MR) is 50.6 cm³/mol. The van der Waals surface area contributed by atoms with E-state index in [4.69, 9.17) is 5.11 Å². The number of rotatable bonds is 2. The number of aromatic nitrogens is 2. The Kier molecular flexibility index (Phi) is 2.49. The lowest BCUT2D eigenvalue weighted by Gasteiger charge is -2.25. The Hall–Kier alpha value is -1.03. The molecule has 0 amide bonds. The number of piperidine rings is 1. The van der Waals surface area contributed by atoms with E-state index in [9.17, 15) is 0 Å². The molecule has 4 heteroatoms. The van der Waals surface area contributed by atoms with Crippen LogP contribution in [0.4, 0.5) is 5.95 Å². The second-order valence-corrected chi connectivity index (χ2v) is 3.44. The molecule has 2 rings (SSSR count). The van der Waals surface area contributed by atoms with Crippen molar-refractivity contribution in [1.29, 1.82) is 0 Å². The smallest absolute Gasteiger partial charge is 0.203 e. The van der Waals surface area contributed by atoms with Gasteiger partial charge in [0.1, 0.15) is 0 Å². The van der Waals surface area contributed by atoms with Gasteiger partial charge in [0.2, 0.25) is 5.95 Å². The maximum atomic E-state index is 8.86. The topological polar surface area (TPSA) is 52.2 Å². The molecule has 0 bridgehead atoms. The summed E-state index contributed by atoms with van der Waals surface area (Å²) in [5, 5.41) is 8.86. The summed E-state index contributed by atoms with van der Waals surface area (Å²) in [6, 6.07) is 0. The number of hydrogen-bond acceptors (Lipinski definition) is 3. The highest BCUT2D eigenvalue weighted by Gasteiger charge is 2.13. The molecule has 0 aliphatic carbocycles. The van der Waals surface area contributed by atoms with Crippen molar-refractivity contribution in [2.75, 3.05) is 18.0 Å². The van der Waals surface area contributed by atoms with Crippen LogP contribution >= 0.6 is 0 Å². The van der Waals surface area contributed by atoms with Crippen molar-refractivity contribution in [1.82, 2.24) is 9.97 Å². The summed E-state index contributed by atoms with van der Waals surface area (Å²) < 4.78 is 0. The Labute approximate surface area is 77.6 Å². The van der Waals surface area contributed by atoms with Gasteiger partial charge in [-0.3, -0.25) is 0 Å². The monoisotopic (exact) mass is 181 g/mol. The molecule has 1 aliphatic rings. The highest BCUT2D eigenvalue weighted by molar-refractivity contribution is 5.31. The Balaban J connectivity index is 2.05. The number of H-pyrrole nitrogens is 1. The van der Waals surface area contributed by atoms with Gasteiger partial charge in [-0.25, -0.2) is 4.98 Å². The molecule has 13 heavy (non-hydrogen) atoms. The van der Waals surface area contributed by atoms with Crippen LogP contribution in [0.15, 0.2) is 6.20 Å². The van der Waals surface area contributed by atoms with Crippen LogP contribution in [0, 0.1) is 0 Å². The van der Waals surface area contributed by atoms with E-state index < -0.39 is 0 Å². The molecule has 1 fully saturated rings. The fourth-order valence-electron chi connectivity index (χ4n) is 1.69. The first-order chi connectivity index (χ1) is 6.40. The van der Waals surface area contributed by atoms with Crippen LogP contribution in [0.1, 0.15) is 25.0 Å². The third kappa shape index (κ3) is 1.83. The van der Waals surface area contributed by atoms with Crippen LogP contribution in [-0.4, -0.2) is 28.2 Å². The molecule has 1 aliphatic heterocycles. The molecule has 0 aromatic carbocycles. The highest BCUT2D eigenvalue weighted by Crippen LogP contribution is 2.15. The number of aliphatic hydroxyl groups excluding tert-OH is 1. The third-order valence-corrected chi connectivity index (χ3v) is 2.44. The average molecular weight is 181 g/mol. The molecular weight excluding hydrogens is 166 g/mol. The lowest BCUT2D eigenvalue weighted by Crippen LogP contribution is -2.30. The normalized spacial score (nSPS) is 17.8. The Morgan fingerprint density at radius 1 is 1.38 bits per heavy atom. The minimum Gasteiger partial charge on any atom is -0.390 e. The second kappa shape index (κ2) is 3.79. The van der Waals surface area contributed by atoms with Gasteiger partial charge in [0.25, 0.3) is 0 Å². The molecule has 1 saturated heterocycles. The van der Waals surface area contributed by atoms with Gasteiger partial charge in [-0.2, -0.15) is 0 Å². The zero-order chi connectivity index (χ0) is 9.10. The quantitative estimate of drug-likeness (QED) is 0.712. The summed E-state index contributed by atoms with van der Waals surface area (Å²) in [4.78, 5) is 9.56. The average Bonchev–Trinajstić information content (AvgIpc) is 2.67. The maximum Gasteiger partial charge on any atom is 0.203 e. The molecule has 2 heterocycles. The summed E-state index contributed by atoms with van der Waals surface area (Å²) in [5.41, 5.74) is 0.792. The Morgan fingerprint density at radius 2 is 2.15 bits per heavy atom. The molecule has 2 N–H and O–H groups in total. The van der Waals surface area contributed by atoms with Gasteiger partial charge in [0, 0.05) is 13.1 Å². The van der Waals surface area contributed by atoms with Crippen molar-refractivity contribution in [2.24, 2.45) is 0 Å². The number of anilines is 1. The predicted octanol–water partition coefficient (Wildman–Crippen LogP) is 0.892. The van der Waals surface area contributed by atoms with Crippen molar-refractivity contribution in [3.8, 4) is 0 Å². The number of hydrogen-bond donors (Lipinski definition) is 2. The zero-order valence-electron chi connectivity index (χ0n) is 7.66. The molecular formula is C9H15N3O. The first kappa shape index (κ1) is 8.56. The number of nitrogens with one attached hydrogen (secondary N) is 1. The third-order valence-electron chi connectivity index (χ3n) is 2.44. The Morgan fingerprint density at radius 3 is 2.77 bits per heavy atom. The molecule has 0 spiro atoms. The van der Waals surface area contributed by atoms with Gasteiger partial charge >= 0.3 is 0 Å². The van der Waals surface area contributed by atoms with Gasteiger partial charge in [-0.15, -0.1) is 0 Å². The van der Waals surface area contributed by atoms with Gasteiger partial charge in [0.05, 0.1) is 18.5 Å². The van der Waals surface area contributed by atoms with E-state index in [1.54, 1.807) is 6.20 Å². The van der Waals surface area contributed by atoms with Crippen LogP contribution in [0.5, 0.6) is 0 Å². The van der Waals surface area contributed by atoms with Crippen molar-refractivity contribution in [3.05, 3.63) is 11.9 Å². The summed E-state index contributed by atoms with van der Waals surface area (Å²) >= 11 is 0. The van der Waals surface area contributed by atoms with Crippen molar-refractivity contribution in [3.63, 3.8) is 0 Å². The largest absolute Gasteiger partial charge is 0.390 e. The number of imidazole rings is 1. The SMILES string of the molecule is OCc1cnc(N2CCCCC2)[nH]1. The molecule has 0 saturated carbocycles. The van der Waals surface area contributed by atoms with Crippen LogP contribution in [0.2, 0.25) is 0 Å². The first-order valence-electron chi connectivity index (χ1n) is 4.80. The molecule has 4 nitrogen and oxygen atoms in total. The number of aliphatic hydroxyl groups is 1. The minimum atomic E-state index is 0.0425. The summed E-state index contributed by atoms with van der Waals surface area (Å²) in [6.45, 7) is 2.21. The van der Waals surface area contributed by atoms with E-state index in [0.717, 1.165) is 24.7 Å². The molecule has 0 unspecified atom stereocenters. The molecule has 1 aromatic heterocycles. The minimum absolute atomic E-state index is 0.0425. The van der Waals surface area contributed by atoms with Gasteiger partial charge in [-0.1, -0.05) is 0 Å². The first-order valence-corrected chi connectivity index (χ1v) is 4.80. The van der Waals surface area contributed by atoms with Crippen LogP contribution in [0.3, 0.4) is 0 Å². The van der Waals surface area contributed by atoms with E-state index in [-0.39, 0.29) is 6.61 Å². The molecule has 0 radical (unpaired) electrons. The lowest BCUT2D eigenvalue weighted by molar-refractivity contribution is 0.277. The van der Waals surface area contributed by atoms with E-state index in [1.165, 1.54) is 19.3 Å². The van der Waals surface area contributed by atoms with E-state index in [0.29, 0.717) is 0 Å². The summed E-state index contributed by atoms with van der Waals surface area (Å²) in [6.07, 6.45) is 5.51. The van der Waals surface area contributed by atoms with Crippen LogP contribution < -0.4 is 4.90 Å². The molecule has 0 atom stereocenters. The van der Waals surface area contributed by atoms with Crippen molar-refractivity contribution < 1.29 is 5.11 Å². The fourth-order valence-corrected chi connectivity index (χ4v) is 1.69. The van der Waals surface area contributed by atoms with E-state index in [2.05, 4.69) is 14.9 Å². The number of nitrogens with zero attached hydrogens (tertiary/aromatic N) is 2. The summed E-state index contributed by atoms with van der Waals surface area (Å²) in [5.74, 6) is 0.906. The second-order valence-electron chi connectivity index (χ2n) is 3.44. The maximum absolute atomic E-state index is 8.86. The van der Waals surface area contributed by atoms with Crippen molar-refractivity contribution in [2.45, 2.75) is 25.9 Å². The lowest BCUT2D eigenvalue weighted by atomic mass is 10.1. The Bertz CT molecular complexity index is 266. The van der Waals surface area contributed by atoms with Crippen molar-refractivity contribution >= 4 is 5.95 Å². The fraction of sp³-hybridized carbons (Fsp3) is 0.667. The van der Waals surface area contributed by atoms with Gasteiger partial charge in [0.15, 0.2) is 0 Å². The van der Waals surface area contributed by atoms with Gasteiger partial charge < -0.3 is 15.0 Å². The highest BCUT2D eigenvalue weighted by atomic mass is 16.3. The van der Waals surface area contributed by atoms with Gasteiger partial charge in [-0.05, 0) is 19.3 Å². The standard InChI is InChI=1S/C9H15N3O/c13-7-8-6-10-9(11-8)12-4-2-1-3-5-12/h6,13H,1-5,7H2,(H,10,11). The number of aromatic amines is 1. The molecule has 1 aromatic rings. The van der Waals surface area contributed by atoms with Crippen LogP contribution in [-0.2, 0) is 6.61 Å². The zero-order valence-corrected chi connectivity index (χ0v) is 7.66. The van der Waals surface area contributed by atoms with E-state index in [1.807, 2.05) is 0 Å².